The van der Waals surface area contributed by atoms with Crippen LogP contribution in [0, 0.1) is 0 Å². The smallest absolute Gasteiger partial charge is 0.0556 e. The Morgan fingerprint density at radius 1 is 0.433 bits per heavy atom. The van der Waals surface area contributed by atoms with E-state index >= 15 is 0 Å². The molecule has 0 nitrogen and oxygen atoms in total. The van der Waals surface area contributed by atoms with Crippen LogP contribution >= 0.6 is 21.4 Å². The molecular formula is C28H22S2. The Balaban J connectivity index is 1.82. The lowest BCUT2D eigenvalue weighted by molar-refractivity contribution is 1.27. The van der Waals surface area contributed by atoms with Crippen LogP contribution < -0.4 is 0 Å². The summed E-state index contributed by atoms with van der Waals surface area (Å²) in [6, 6.07) is 46.1. The fraction of sp³-hybridized carbons (Fsp3) is 0. The van der Waals surface area contributed by atoms with Crippen LogP contribution in [-0.2, 0) is 0 Å². The summed E-state index contributed by atoms with van der Waals surface area (Å²) in [7, 11) is -1.58. The first-order chi connectivity index (χ1) is 14.9. The molecule has 0 aliphatic carbocycles. The first-order valence-corrected chi connectivity index (χ1v) is 12.5. The predicted octanol–water partition coefficient (Wildman–Crippen LogP) is 8.76. The minimum Gasteiger partial charge on any atom is -0.137 e. The Hall–Kier alpha value is -3.07. The third kappa shape index (κ3) is 3.28. The summed E-state index contributed by atoms with van der Waals surface area (Å²) in [5.74, 6) is 0. The van der Waals surface area contributed by atoms with Gasteiger partial charge in [-0.3, -0.25) is 0 Å². The molecule has 0 fully saturated rings. The Bertz CT molecular complexity index is 1110. The van der Waals surface area contributed by atoms with E-state index in [1.807, 2.05) is 11.3 Å². The zero-order valence-electron chi connectivity index (χ0n) is 16.5. The molecule has 0 unspecified atom stereocenters. The van der Waals surface area contributed by atoms with Crippen LogP contribution in [0.4, 0.5) is 0 Å². The lowest BCUT2D eigenvalue weighted by Crippen LogP contribution is -2.03. The summed E-state index contributed by atoms with van der Waals surface area (Å²) < 4.78 is 1.41. The van der Waals surface area contributed by atoms with Gasteiger partial charge in [0.05, 0.1) is 4.21 Å². The lowest BCUT2D eigenvalue weighted by Gasteiger charge is -2.40. The lowest BCUT2D eigenvalue weighted by atomic mass is 10.1. The zero-order valence-corrected chi connectivity index (χ0v) is 18.2. The van der Waals surface area contributed by atoms with Gasteiger partial charge in [0.1, 0.15) is 0 Å². The Kier molecular flexibility index (Phi) is 5.27. The molecule has 0 aliphatic heterocycles. The average Bonchev–Trinajstić information content (AvgIpc) is 3.33. The molecular weight excluding hydrogens is 400 g/mol. The molecule has 0 N–H and O–H groups in total. The maximum absolute atomic E-state index is 2.41. The standard InChI is InChI=1S/C28H22S2/c1-5-13-23(14-6-1)24-21-28(29-22-24)30(25-15-7-2-8-16-25,26-17-9-3-10-18-26)27-19-11-4-12-20-27/h1-22H. The number of rotatable bonds is 5. The highest BCUT2D eigenvalue weighted by Gasteiger charge is 2.34. The molecule has 4 aromatic carbocycles. The van der Waals surface area contributed by atoms with E-state index in [1.165, 1.54) is 30.0 Å². The summed E-state index contributed by atoms with van der Waals surface area (Å²) in [6.07, 6.45) is 0. The van der Waals surface area contributed by atoms with Gasteiger partial charge in [0.25, 0.3) is 0 Å². The SMILES string of the molecule is c1ccc(-c2csc(S(c3ccccc3)(c3ccccc3)c3ccccc3)c2)cc1. The molecule has 146 valence electrons. The molecule has 2 heteroatoms. The normalized spacial score (nSPS) is 11.9. The molecule has 1 aromatic heterocycles. The molecule has 1 heterocycles. The van der Waals surface area contributed by atoms with Crippen LogP contribution in [0.15, 0.2) is 152 Å². The van der Waals surface area contributed by atoms with Crippen molar-refractivity contribution in [3.05, 3.63) is 133 Å². The molecule has 0 radical (unpaired) electrons. The van der Waals surface area contributed by atoms with E-state index in [0.717, 1.165) is 0 Å². The summed E-state index contributed by atoms with van der Waals surface area (Å²) in [5.41, 5.74) is 2.55. The monoisotopic (exact) mass is 422 g/mol. The van der Waals surface area contributed by atoms with Crippen molar-refractivity contribution in [2.24, 2.45) is 0 Å². The molecule has 0 atom stereocenters. The van der Waals surface area contributed by atoms with Crippen molar-refractivity contribution < 1.29 is 0 Å². The van der Waals surface area contributed by atoms with Crippen LogP contribution in [0.5, 0.6) is 0 Å². The second-order valence-electron chi connectivity index (χ2n) is 7.07. The van der Waals surface area contributed by atoms with Crippen molar-refractivity contribution in [2.75, 3.05) is 0 Å². The molecule has 0 saturated carbocycles. The van der Waals surface area contributed by atoms with Crippen molar-refractivity contribution in [2.45, 2.75) is 18.9 Å². The fourth-order valence-electron chi connectivity index (χ4n) is 3.89. The van der Waals surface area contributed by atoms with Crippen LogP contribution in [0.25, 0.3) is 11.1 Å². The molecule has 0 spiro atoms. The third-order valence-corrected chi connectivity index (χ3v) is 10.7. The average molecular weight is 423 g/mol. The maximum Gasteiger partial charge on any atom is 0.0556 e. The molecule has 5 rings (SSSR count). The molecule has 0 saturated heterocycles. The van der Waals surface area contributed by atoms with Crippen LogP contribution in [0.3, 0.4) is 0 Å². The number of thiophene rings is 1. The summed E-state index contributed by atoms with van der Waals surface area (Å²) in [5, 5.41) is 2.31. The first kappa shape index (κ1) is 18.9. The highest BCUT2D eigenvalue weighted by molar-refractivity contribution is 8.35. The van der Waals surface area contributed by atoms with Crippen molar-refractivity contribution in [3.63, 3.8) is 0 Å². The summed E-state index contributed by atoms with van der Waals surface area (Å²) in [4.78, 5) is 4.09. The molecule has 0 bridgehead atoms. The largest absolute Gasteiger partial charge is 0.137 e. The van der Waals surface area contributed by atoms with E-state index in [0.29, 0.717) is 0 Å². The van der Waals surface area contributed by atoms with Gasteiger partial charge in [0, 0.05) is 14.7 Å². The Morgan fingerprint density at radius 2 is 0.833 bits per heavy atom. The zero-order chi connectivity index (χ0) is 20.2. The quantitative estimate of drug-likeness (QED) is 0.265. The number of benzene rings is 4. The van der Waals surface area contributed by atoms with Crippen molar-refractivity contribution in [1.82, 2.24) is 0 Å². The van der Waals surface area contributed by atoms with Gasteiger partial charge in [0.2, 0.25) is 0 Å². The summed E-state index contributed by atoms with van der Waals surface area (Å²) >= 11 is 1.87. The Morgan fingerprint density at radius 3 is 1.27 bits per heavy atom. The van der Waals surface area contributed by atoms with Gasteiger partial charge >= 0.3 is 0 Å². The second kappa shape index (κ2) is 8.35. The van der Waals surface area contributed by atoms with E-state index < -0.39 is 10.0 Å². The van der Waals surface area contributed by atoms with Gasteiger partial charge in [-0.1, -0.05) is 84.9 Å². The fourth-order valence-corrected chi connectivity index (χ4v) is 9.63. The highest BCUT2D eigenvalue weighted by Crippen LogP contribution is 2.74. The summed E-state index contributed by atoms with van der Waals surface area (Å²) in [6.45, 7) is 0. The molecule has 0 amide bonds. The molecule has 30 heavy (non-hydrogen) atoms. The van der Waals surface area contributed by atoms with Gasteiger partial charge in [0.15, 0.2) is 0 Å². The van der Waals surface area contributed by atoms with Crippen LogP contribution in [0.1, 0.15) is 0 Å². The van der Waals surface area contributed by atoms with Crippen molar-refractivity contribution in [1.29, 1.82) is 0 Å². The van der Waals surface area contributed by atoms with Crippen LogP contribution in [0.2, 0.25) is 0 Å². The minimum atomic E-state index is -1.58. The first-order valence-electron chi connectivity index (χ1n) is 10.0. The minimum absolute atomic E-state index is 1.27. The van der Waals surface area contributed by atoms with E-state index in [9.17, 15) is 0 Å². The van der Waals surface area contributed by atoms with E-state index in [4.69, 9.17) is 0 Å². The topological polar surface area (TPSA) is 0 Å². The van der Waals surface area contributed by atoms with E-state index in [2.05, 4.69) is 133 Å². The number of hydrogen-bond donors (Lipinski definition) is 0. The predicted molar refractivity (Wildman–Crippen MR) is 130 cm³/mol. The van der Waals surface area contributed by atoms with Gasteiger partial charge < -0.3 is 0 Å². The maximum atomic E-state index is 2.41. The third-order valence-electron chi connectivity index (χ3n) is 5.27. The van der Waals surface area contributed by atoms with E-state index in [-0.39, 0.29) is 0 Å². The van der Waals surface area contributed by atoms with E-state index in [1.54, 1.807) is 0 Å². The van der Waals surface area contributed by atoms with Gasteiger partial charge in [-0.25, -0.2) is 0 Å². The molecule has 5 aromatic rings. The Labute approximate surface area is 183 Å². The number of hydrogen-bond acceptors (Lipinski definition) is 1. The molecule has 0 aliphatic rings. The van der Waals surface area contributed by atoms with Crippen LogP contribution in [-0.4, -0.2) is 0 Å². The second-order valence-corrected chi connectivity index (χ2v) is 11.3. The van der Waals surface area contributed by atoms with Crippen molar-refractivity contribution >= 4 is 21.4 Å². The highest BCUT2D eigenvalue weighted by atomic mass is 32.3. The van der Waals surface area contributed by atoms with Gasteiger partial charge in [-0.15, -0.1) is 21.4 Å². The van der Waals surface area contributed by atoms with Gasteiger partial charge in [-0.2, -0.15) is 0 Å². The van der Waals surface area contributed by atoms with Gasteiger partial charge in [-0.05, 0) is 59.0 Å². The van der Waals surface area contributed by atoms with Crippen molar-refractivity contribution in [3.8, 4) is 11.1 Å².